The molecule has 1 aromatic carbocycles. The van der Waals surface area contributed by atoms with Crippen LogP contribution in [-0.4, -0.2) is 19.2 Å². The third kappa shape index (κ3) is 3.03. The highest BCUT2D eigenvalue weighted by molar-refractivity contribution is 5.88. The Bertz CT molecular complexity index is 432. The molecule has 0 amide bonds. The predicted octanol–water partition coefficient (Wildman–Crippen LogP) is 1.75. The van der Waals surface area contributed by atoms with Crippen molar-refractivity contribution < 1.29 is 14.3 Å². The van der Waals surface area contributed by atoms with Gasteiger partial charge in [-0.2, -0.15) is 0 Å². The quantitative estimate of drug-likeness (QED) is 0.558. The van der Waals surface area contributed by atoms with Gasteiger partial charge in [0.15, 0.2) is 0 Å². The van der Waals surface area contributed by atoms with Gasteiger partial charge in [-0.3, -0.25) is 0 Å². The smallest absolute Gasteiger partial charge is 0.384 e. The zero-order valence-corrected chi connectivity index (χ0v) is 9.03. The van der Waals surface area contributed by atoms with Crippen molar-refractivity contribution in [3.8, 4) is 17.6 Å². The lowest BCUT2D eigenvalue weighted by Crippen LogP contribution is -1.96. The predicted molar refractivity (Wildman–Crippen MR) is 59.0 cm³/mol. The number of esters is 1. The van der Waals surface area contributed by atoms with E-state index in [1.807, 2.05) is 24.3 Å². The SMILES string of the molecule is COC(=O)C#Cc1ccc(OC2CC2)cc1. The van der Waals surface area contributed by atoms with Crippen molar-refractivity contribution in [1.29, 1.82) is 0 Å². The van der Waals surface area contributed by atoms with E-state index in [1.165, 1.54) is 7.11 Å². The summed E-state index contributed by atoms with van der Waals surface area (Å²) in [6.07, 6.45) is 2.68. The molecular formula is C13H12O3. The molecular weight excluding hydrogens is 204 g/mol. The molecule has 2 rings (SSSR count). The number of methoxy groups -OCH3 is 1. The van der Waals surface area contributed by atoms with Crippen LogP contribution in [0.3, 0.4) is 0 Å². The molecule has 1 aliphatic carbocycles. The van der Waals surface area contributed by atoms with Gasteiger partial charge in [0.2, 0.25) is 0 Å². The number of hydrogen-bond acceptors (Lipinski definition) is 3. The lowest BCUT2D eigenvalue weighted by molar-refractivity contribution is -0.133. The molecule has 0 radical (unpaired) electrons. The van der Waals surface area contributed by atoms with E-state index in [1.54, 1.807) is 0 Å². The first kappa shape index (κ1) is 10.6. The summed E-state index contributed by atoms with van der Waals surface area (Å²) in [4.78, 5) is 10.8. The van der Waals surface area contributed by atoms with Crippen LogP contribution >= 0.6 is 0 Å². The monoisotopic (exact) mass is 216 g/mol. The van der Waals surface area contributed by atoms with Crippen LogP contribution in [0.2, 0.25) is 0 Å². The topological polar surface area (TPSA) is 35.5 Å². The molecule has 82 valence electrons. The average Bonchev–Trinajstić information content (AvgIpc) is 3.11. The van der Waals surface area contributed by atoms with Crippen molar-refractivity contribution in [3.63, 3.8) is 0 Å². The number of hydrogen-bond donors (Lipinski definition) is 0. The lowest BCUT2D eigenvalue weighted by atomic mass is 10.2. The van der Waals surface area contributed by atoms with Gasteiger partial charge < -0.3 is 9.47 Å². The van der Waals surface area contributed by atoms with E-state index in [0.29, 0.717) is 6.10 Å². The Morgan fingerprint density at radius 1 is 1.31 bits per heavy atom. The van der Waals surface area contributed by atoms with Gasteiger partial charge in [0, 0.05) is 11.5 Å². The maximum atomic E-state index is 10.8. The number of benzene rings is 1. The molecule has 0 bridgehead atoms. The van der Waals surface area contributed by atoms with Crippen LogP contribution in [-0.2, 0) is 9.53 Å². The Balaban J connectivity index is 1.99. The fourth-order valence-corrected chi connectivity index (χ4v) is 1.17. The third-order valence-corrected chi connectivity index (χ3v) is 2.18. The van der Waals surface area contributed by atoms with E-state index in [4.69, 9.17) is 4.74 Å². The molecule has 1 aliphatic rings. The van der Waals surface area contributed by atoms with Crippen molar-refractivity contribution in [3.05, 3.63) is 29.8 Å². The molecule has 0 aliphatic heterocycles. The first-order valence-electron chi connectivity index (χ1n) is 5.14. The van der Waals surface area contributed by atoms with Crippen molar-refractivity contribution in [2.75, 3.05) is 7.11 Å². The van der Waals surface area contributed by atoms with Crippen molar-refractivity contribution in [1.82, 2.24) is 0 Å². The van der Waals surface area contributed by atoms with Gasteiger partial charge in [0.05, 0.1) is 13.2 Å². The molecule has 0 saturated heterocycles. The molecule has 1 aromatic rings. The molecule has 0 atom stereocenters. The molecule has 16 heavy (non-hydrogen) atoms. The van der Waals surface area contributed by atoms with Crippen molar-refractivity contribution >= 4 is 5.97 Å². The fraction of sp³-hybridized carbons (Fsp3) is 0.308. The van der Waals surface area contributed by atoms with Crippen molar-refractivity contribution in [2.24, 2.45) is 0 Å². The minimum Gasteiger partial charge on any atom is -0.490 e. The summed E-state index contributed by atoms with van der Waals surface area (Å²) in [6, 6.07) is 7.38. The number of carbonyl (C=O) groups excluding carboxylic acids is 1. The minimum atomic E-state index is -0.529. The zero-order chi connectivity index (χ0) is 11.4. The molecule has 0 unspecified atom stereocenters. The molecule has 1 fully saturated rings. The van der Waals surface area contributed by atoms with Gasteiger partial charge in [-0.1, -0.05) is 5.92 Å². The molecule has 1 saturated carbocycles. The van der Waals surface area contributed by atoms with E-state index >= 15 is 0 Å². The van der Waals surface area contributed by atoms with Gasteiger partial charge in [0.25, 0.3) is 0 Å². The summed E-state index contributed by atoms with van der Waals surface area (Å²) in [5, 5.41) is 0. The second kappa shape index (κ2) is 4.71. The number of carbonyl (C=O) groups is 1. The van der Waals surface area contributed by atoms with Gasteiger partial charge in [0.1, 0.15) is 5.75 Å². The van der Waals surface area contributed by atoms with E-state index in [-0.39, 0.29) is 0 Å². The Morgan fingerprint density at radius 2 is 2.00 bits per heavy atom. The second-order valence-electron chi connectivity index (χ2n) is 3.58. The van der Waals surface area contributed by atoms with Crippen LogP contribution in [0, 0.1) is 11.8 Å². The van der Waals surface area contributed by atoms with Gasteiger partial charge in [-0.25, -0.2) is 4.79 Å². The van der Waals surface area contributed by atoms with E-state index in [9.17, 15) is 4.79 Å². The summed E-state index contributed by atoms with van der Waals surface area (Å²) in [5.41, 5.74) is 0.772. The maximum absolute atomic E-state index is 10.8. The summed E-state index contributed by atoms with van der Waals surface area (Å²) < 4.78 is 10.0. The molecule has 3 heteroatoms. The second-order valence-corrected chi connectivity index (χ2v) is 3.58. The third-order valence-electron chi connectivity index (χ3n) is 2.18. The normalized spacial score (nSPS) is 13.6. The van der Waals surface area contributed by atoms with Crippen molar-refractivity contribution in [2.45, 2.75) is 18.9 Å². The largest absolute Gasteiger partial charge is 0.490 e. The summed E-state index contributed by atoms with van der Waals surface area (Å²) in [5.74, 6) is 5.40. The lowest BCUT2D eigenvalue weighted by Gasteiger charge is -2.02. The standard InChI is InChI=1S/C13H12O3/c1-15-13(14)9-4-10-2-5-11(6-3-10)16-12-7-8-12/h2-3,5-6,12H,7-8H2,1H3. The zero-order valence-electron chi connectivity index (χ0n) is 9.03. The number of rotatable bonds is 2. The molecule has 0 N–H and O–H groups in total. The molecule has 0 spiro atoms. The van der Waals surface area contributed by atoms with E-state index in [0.717, 1.165) is 24.2 Å². The Labute approximate surface area is 94.4 Å². The van der Waals surface area contributed by atoms with Crippen LogP contribution in [0.5, 0.6) is 5.75 Å². The van der Waals surface area contributed by atoms with Crippen LogP contribution in [0.15, 0.2) is 24.3 Å². The first-order valence-corrected chi connectivity index (χ1v) is 5.14. The van der Waals surface area contributed by atoms with Gasteiger partial charge in [-0.15, -0.1) is 0 Å². The highest BCUT2D eigenvalue weighted by atomic mass is 16.5. The van der Waals surface area contributed by atoms with Gasteiger partial charge >= 0.3 is 5.97 Å². The highest BCUT2D eigenvalue weighted by Crippen LogP contribution is 2.26. The van der Waals surface area contributed by atoms with E-state index < -0.39 is 5.97 Å². The maximum Gasteiger partial charge on any atom is 0.384 e. The summed E-state index contributed by atoms with van der Waals surface area (Å²) >= 11 is 0. The van der Waals surface area contributed by atoms with Gasteiger partial charge in [-0.05, 0) is 37.1 Å². The fourth-order valence-electron chi connectivity index (χ4n) is 1.17. The Hall–Kier alpha value is -1.95. The van der Waals surface area contributed by atoms with Crippen LogP contribution in [0.1, 0.15) is 18.4 Å². The Kier molecular flexibility index (Phi) is 3.11. The van der Waals surface area contributed by atoms with E-state index in [2.05, 4.69) is 16.6 Å². The first-order chi connectivity index (χ1) is 7.78. The summed E-state index contributed by atoms with van der Waals surface area (Å²) in [6.45, 7) is 0. The highest BCUT2D eigenvalue weighted by Gasteiger charge is 2.23. The molecule has 3 nitrogen and oxygen atoms in total. The number of ether oxygens (including phenoxy) is 2. The van der Waals surface area contributed by atoms with Crippen LogP contribution < -0.4 is 4.74 Å². The summed E-state index contributed by atoms with van der Waals surface area (Å²) in [7, 11) is 1.31. The molecule has 0 heterocycles. The van der Waals surface area contributed by atoms with Crippen LogP contribution in [0.4, 0.5) is 0 Å². The Morgan fingerprint density at radius 3 is 2.56 bits per heavy atom. The van der Waals surface area contributed by atoms with Crippen LogP contribution in [0.25, 0.3) is 0 Å². The molecule has 0 aromatic heterocycles. The average molecular weight is 216 g/mol. The minimum absolute atomic E-state index is 0.395.